The zero-order valence-electron chi connectivity index (χ0n) is 16.1. The van der Waals surface area contributed by atoms with Crippen LogP contribution in [0.5, 0.6) is 5.75 Å². The molecule has 0 saturated heterocycles. The molecule has 1 aliphatic heterocycles. The first-order valence-electron chi connectivity index (χ1n) is 9.51. The minimum absolute atomic E-state index is 0.00624. The maximum Gasteiger partial charge on any atom is 0.150 e. The quantitative estimate of drug-likeness (QED) is 0.549. The van der Waals surface area contributed by atoms with Gasteiger partial charge in [-0.25, -0.2) is 13.6 Å². The van der Waals surface area contributed by atoms with Crippen LogP contribution in [0.3, 0.4) is 0 Å². The van der Waals surface area contributed by atoms with Gasteiger partial charge in [0.15, 0.2) is 5.94 Å². The molecular weight excluding hydrogens is 408 g/mol. The van der Waals surface area contributed by atoms with Crippen LogP contribution < -0.4 is 10.5 Å². The summed E-state index contributed by atoms with van der Waals surface area (Å²) in [7, 11) is 0. The Kier molecular flexibility index (Phi) is 5.33. The Hall–Kier alpha value is -3.14. The van der Waals surface area contributed by atoms with Crippen LogP contribution in [0.15, 0.2) is 48.5 Å². The van der Waals surface area contributed by atoms with Gasteiger partial charge in [-0.1, -0.05) is 61.0 Å². The van der Waals surface area contributed by atoms with Gasteiger partial charge in [0, 0.05) is 34.7 Å². The third kappa shape index (κ3) is 3.26. The Bertz CT molecular complexity index is 1190. The normalized spacial score (nSPS) is 14.7. The highest BCUT2D eigenvalue weighted by molar-refractivity contribution is 6.34. The average molecular weight is 426 g/mol. The fourth-order valence-electron chi connectivity index (χ4n) is 3.86. The maximum absolute atomic E-state index is 15.5. The van der Waals surface area contributed by atoms with Crippen molar-refractivity contribution in [1.29, 1.82) is 0 Å². The topological polar surface area (TPSA) is 52.3 Å². The highest BCUT2D eigenvalue weighted by Crippen LogP contribution is 2.48. The number of halogens is 3. The first kappa shape index (κ1) is 20.1. The summed E-state index contributed by atoms with van der Waals surface area (Å²) in [6, 6.07) is 13.8. The summed E-state index contributed by atoms with van der Waals surface area (Å²) in [5, 5.41) is -0.238. The van der Waals surface area contributed by atoms with Gasteiger partial charge >= 0.3 is 0 Å². The van der Waals surface area contributed by atoms with E-state index in [1.165, 1.54) is 12.1 Å². The number of fused-ring (bicyclic) bond motifs is 1. The van der Waals surface area contributed by atoms with Gasteiger partial charge in [-0.2, -0.15) is 0 Å². The van der Waals surface area contributed by atoms with Crippen LogP contribution in [-0.2, 0) is 17.6 Å². The fourth-order valence-corrected chi connectivity index (χ4v) is 4.12. The van der Waals surface area contributed by atoms with Crippen molar-refractivity contribution in [3.8, 4) is 16.9 Å². The van der Waals surface area contributed by atoms with Gasteiger partial charge in [0.25, 0.3) is 0 Å². The van der Waals surface area contributed by atoms with Gasteiger partial charge in [-0.3, -0.25) is 0 Å². The summed E-state index contributed by atoms with van der Waals surface area (Å²) in [6.07, 6.45) is 0.411. The molecule has 6 heteroatoms. The second-order valence-electron chi connectivity index (χ2n) is 7.08. The summed E-state index contributed by atoms with van der Waals surface area (Å²) < 4.78 is 36.2. The van der Waals surface area contributed by atoms with E-state index in [4.69, 9.17) is 22.1 Å². The van der Waals surface area contributed by atoms with Gasteiger partial charge in [-0.05, 0) is 17.5 Å². The van der Waals surface area contributed by atoms with Crippen LogP contribution in [0.4, 0.5) is 8.78 Å². The van der Waals surface area contributed by atoms with E-state index in [2.05, 4.69) is 0 Å². The van der Waals surface area contributed by atoms with Gasteiger partial charge < -0.3 is 10.5 Å². The van der Waals surface area contributed by atoms with Crippen LogP contribution >= 0.6 is 11.6 Å². The van der Waals surface area contributed by atoms with Crippen molar-refractivity contribution >= 4 is 23.2 Å². The molecule has 0 radical (unpaired) electrons. The molecule has 3 aromatic rings. The second-order valence-corrected chi connectivity index (χ2v) is 7.45. The lowest BCUT2D eigenvalue weighted by Gasteiger charge is -2.17. The van der Waals surface area contributed by atoms with E-state index in [1.807, 2.05) is 30.3 Å². The first-order chi connectivity index (χ1) is 14.5. The second kappa shape index (κ2) is 7.94. The lowest BCUT2D eigenvalue weighted by Crippen LogP contribution is -2.06. The molecule has 0 bridgehead atoms. The van der Waals surface area contributed by atoms with Crippen LogP contribution in [0.1, 0.15) is 35.3 Å². The zero-order valence-corrected chi connectivity index (χ0v) is 16.9. The van der Waals surface area contributed by atoms with Crippen LogP contribution in [0, 0.1) is 11.6 Å². The molecule has 0 aromatic heterocycles. The molecule has 1 heterocycles. The molecule has 1 atom stereocenters. The molecule has 1 aliphatic rings. The number of hydrogen-bond acceptors (Lipinski definition) is 3. The van der Waals surface area contributed by atoms with E-state index in [0.717, 1.165) is 5.56 Å². The van der Waals surface area contributed by atoms with Crippen molar-refractivity contribution in [2.75, 3.05) is 0 Å². The van der Waals surface area contributed by atoms with E-state index in [-0.39, 0.29) is 33.5 Å². The Morgan fingerprint density at radius 3 is 2.60 bits per heavy atom. The summed E-state index contributed by atoms with van der Waals surface area (Å²) in [4.78, 5) is 11.2. The van der Waals surface area contributed by atoms with Gasteiger partial charge in [0.2, 0.25) is 0 Å². The molecule has 0 saturated carbocycles. The molecule has 3 aromatic carbocycles. The predicted molar refractivity (Wildman–Crippen MR) is 113 cm³/mol. The third-order valence-corrected chi connectivity index (χ3v) is 5.74. The predicted octanol–water partition coefficient (Wildman–Crippen LogP) is 5.66. The number of ether oxygens (including phenoxy) is 1. The molecule has 0 spiro atoms. The minimum Gasteiger partial charge on any atom is -0.485 e. The third-order valence-electron chi connectivity index (χ3n) is 5.37. The summed E-state index contributed by atoms with van der Waals surface area (Å²) in [5.41, 5.74) is 7.68. The molecule has 0 fully saturated rings. The highest BCUT2D eigenvalue weighted by Gasteiger charge is 2.32. The Labute approximate surface area is 177 Å². The first-order valence-corrected chi connectivity index (χ1v) is 9.89. The SMILES string of the molecule is CCc1ccc(C(N)=C=O)c(-c2c(Cl)c(F)cc3c2CC(c2ccccc2)O3)c1F. The number of carbonyl (C=O) groups excluding carboxylic acids is 1. The van der Waals surface area contributed by atoms with Crippen molar-refractivity contribution in [3.63, 3.8) is 0 Å². The Morgan fingerprint density at radius 1 is 1.20 bits per heavy atom. The van der Waals surface area contributed by atoms with Crippen molar-refractivity contribution < 1.29 is 18.3 Å². The fraction of sp³-hybridized carbons (Fsp3) is 0.167. The lowest BCUT2D eigenvalue weighted by molar-refractivity contribution is 0.238. The molecule has 2 N–H and O–H groups in total. The van der Waals surface area contributed by atoms with E-state index in [9.17, 15) is 9.18 Å². The van der Waals surface area contributed by atoms with Crippen LogP contribution in [0.25, 0.3) is 16.8 Å². The molecule has 3 nitrogen and oxygen atoms in total. The molecule has 0 aliphatic carbocycles. The standard InChI is InChI=1S/C24H18ClF2NO2/c1-2-13-8-9-15(18(28)12-29)22(24(13)27)21-16-10-19(14-6-4-3-5-7-14)30-20(16)11-17(26)23(21)25/h3-9,11,19H,2,10,28H2,1H3. The van der Waals surface area contributed by atoms with Gasteiger partial charge in [0.1, 0.15) is 29.2 Å². The summed E-state index contributed by atoms with van der Waals surface area (Å²) in [5.74, 6) is 0.568. The Morgan fingerprint density at radius 2 is 1.93 bits per heavy atom. The minimum atomic E-state index is -0.736. The number of nitrogens with two attached hydrogens (primary N) is 1. The van der Waals surface area contributed by atoms with Crippen LogP contribution in [0.2, 0.25) is 5.02 Å². The van der Waals surface area contributed by atoms with Crippen molar-refractivity contribution in [2.24, 2.45) is 5.73 Å². The van der Waals surface area contributed by atoms with E-state index in [0.29, 0.717) is 29.7 Å². The van der Waals surface area contributed by atoms with Crippen molar-refractivity contribution in [3.05, 3.63) is 87.4 Å². The molecular formula is C24H18ClF2NO2. The molecule has 4 rings (SSSR count). The average Bonchev–Trinajstić information content (AvgIpc) is 3.18. The monoisotopic (exact) mass is 425 g/mol. The number of hydrogen-bond donors (Lipinski definition) is 1. The molecule has 30 heavy (non-hydrogen) atoms. The maximum atomic E-state index is 15.5. The summed E-state index contributed by atoms with van der Waals surface area (Å²) in [6.45, 7) is 1.80. The highest BCUT2D eigenvalue weighted by atomic mass is 35.5. The van der Waals surface area contributed by atoms with E-state index >= 15 is 4.39 Å². The number of aryl methyl sites for hydroxylation is 1. The largest absolute Gasteiger partial charge is 0.485 e. The zero-order chi connectivity index (χ0) is 21.4. The smallest absolute Gasteiger partial charge is 0.150 e. The summed E-state index contributed by atoms with van der Waals surface area (Å²) >= 11 is 6.35. The van der Waals surface area contributed by atoms with E-state index < -0.39 is 11.6 Å². The van der Waals surface area contributed by atoms with Gasteiger partial charge in [0.05, 0.1) is 5.02 Å². The molecule has 1 unspecified atom stereocenters. The lowest BCUT2D eigenvalue weighted by atomic mass is 9.89. The van der Waals surface area contributed by atoms with Crippen LogP contribution in [-0.4, -0.2) is 5.94 Å². The number of rotatable bonds is 4. The van der Waals surface area contributed by atoms with Crippen molar-refractivity contribution in [1.82, 2.24) is 0 Å². The molecule has 0 amide bonds. The molecule has 152 valence electrons. The van der Waals surface area contributed by atoms with E-state index in [1.54, 1.807) is 18.9 Å². The van der Waals surface area contributed by atoms with Crippen molar-refractivity contribution in [2.45, 2.75) is 25.9 Å². The number of benzene rings is 3. The Balaban J connectivity index is 1.98. The van der Waals surface area contributed by atoms with Gasteiger partial charge in [-0.15, -0.1) is 0 Å².